The van der Waals surface area contributed by atoms with Gasteiger partial charge in [0, 0.05) is 12.1 Å². The van der Waals surface area contributed by atoms with E-state index >= 15 is 0 Å². The van der Waals surface area contributed by atoms with Crippen LogP contribution in [-0.4, -0.2) is 72.6 Å². The van der Waals surface area contributed by atoms with Crippen molar-refractivity contribution < 1.29 is 28.9 Å². The van der Waals surface area contributed by atoms with Gasteiger partial charge < -0.3 is 29.1 Å². The molecule has 0 aliphatic carbocycles. The molecule has 1 saturated heterocycles. The van der Waals surface area contributed by atoms with E-state index in [1.54, 1.807) is 41.3 Å². The lowest BCUT2D eigenvalue weighted by Gasteiger charge is -2.27. The average molecular weight is 525 g/mol. The third-order valence-electron chi connectivity index (χ3n) is 6.63. The number of Topliss-reactive ketones (excluding diaryl/α,β-unsaturated/α-hetero) is 1. The Balaban J connectivity index is 2.08. The van der Waals surface area contributed by atoms with Crippen LogP contribution in [0.2, 0.25) is 0 Å². The molecule has 0 unspecified atom stereocenters. The van der Waals surface area contributed by atoms with Gasteiger partial charge in [0.25, 0.3) is 11.7 Å². The molecule has 1 aliphatic rings. The van der Waals surface area contributed by atoms with Crippen molar-refractivity contribution in [3.63, 3.8) is 0 Å². The standard InChI is InChI=1S/C30H40N2O6/c1-6-31(7-2)18-11-19-32-27(22-14-17-24(37-9-4)25(20-22)38-10-5)26(29(34)30(32)35)28(33)21-12-15-23(16-13-21)36-8-3/h12-17,20,27,33H,6-11,18-19H2,1-5H3/t27-/m1/s1. The highest BCUT2D eigenvalue weighted by atomic mass is 16.5. The predicted molar refractivity (Wildman–Crippen MR) is 148 cm³/mol. The van der Waals surface area contributed by atoms with Crippen LogP contribution in [0.15, 0.2) is 48.0 Å². The number of hydrogen-bond donors (Lipinski definition) is 1. The number of ketones is 1. The Bertz CT molecular complexity index is 1120. The van der Waals surface area contributed by atoms with Gasteiger partial charge in [0.05, 0.1) is 31.4 Å². The van der Waals surface area contributed by atoms with Crippen LogP contribution < -0.4 is 14.2 Å². The maximum absolute atomic E-state index is 13.4. The molecule has 0 aromatic heterocycles. The first-order valence-electron chi connectivity index (χ1n) is 13.5. The number of likely N-dealkylation sites (tertiary alicyclic amines) is 1. The Labute approximate surface area is 225 Å². The van der Waals surface area contributed by atoms with Crippen LogP contribution in [0.3, 0.4) is 0 Å². The number of carbonyl (C=O) groups is 2. The van der Waals surface area contributed by atoms with E-state index in [-0.39, 0.29) is 11.3 Å². The summed E-state index contributed by atoms with van der Waals surface area (Å²) in [5.41, 5.74) is 1.18. The zero-order valence-electron chi connectivity index (χ0n) is 23.2. The minimum Gasteiger partial charge on any atom is -0.507 e. The van der Waals surface area contributed by atoms with Crippen molar-refractivity contribution in [1.29, 1.82) is 0 Å². The van der Waals surface area contributed by atoms with Crippen LogP contribution in [0.1, 0.15) is 58.2 Å². The van der Waals surface area contributed by atoms with E-state index in [1.807, 2.05) is 26.8 Å². The van der Waals surface area contributed by atoms with Gasteiger partial charge >= 0.3 is 0 Å². The molecular weight excluding hydrogens is 484 g/mol. The number of hydrogen-bond acceptors (Lipinski definition) is 7. The van der Waals surface area contributed by atoms with Crippen LogP contribution in [0.25, 0.3) is 5.76 Å². The van der Waals surface area contributed by atoms with Crippen molar-refractivity contribution in [2.45, 2.75) is 47.1 Å². The third kappa shape index (κ3) is 6.48. The molecule has 1 amide bonds. The fourth-order valence-electron chi connectivity index (χ4n) is 4.73. The molecule has 2 aromatic rings. The first-order valence-corrected chi connectivity index (χ1v) is 13.5. The highest BCUT2D eigenvalue weighted by molar-refractivity contribution is 6.46. The molecule has 1 heterocycles. The minimum absolute atomic E-state index is 0.0635. The number of carbonyl (C=O) groups excluding carboxylic acids is 2. The van der Waals surface area contributed by atoms with E-state index in [2.05, 4.69) is 18.7 Å². The number of benzene rings is 2. The van der Waals surface area contributed by atoms with Gasteiger partial charge in [-0.2, -0.15) is 0 Å². The fraction of sp³-hybridized carbons (Fsp3) is 0.467. The smallest absolute Gasteiger partial charge is 0.295 e. The van der Waals surface area contributed by atoms with Crippen LogP contribution in [0.5, 0.6) is 17.2 Å². The summed E-state index contributed by atoms with van der Waals surface area (Å²) < 4.78 is 17.0. The van der Waals surface area contributed by atoms with Gasteiger partial charge in [-0.3, -0.25) is 9.59 Å². The van der Waals surface area contributed by atoms with E-state index in [9.17, 15) is 14.7 Å². The van der Waals surface area contributed by atoms with E-state index < -0.39 is 17.7 Å². The van der Waals surface area contributed by atoms with Crippen molar-refractivity contribution in [1.82, 2.24) is 9.80 Å². The third-order valence-corrected chi connectivity index (χ3v) is 6.63. The predicted octanol–water partition coefficient (Wildman–Crippen LogP) is 5.04. The van der Waals surface area contributed by atoms with Crippen LogP contribution in [0, 0.1) is 0 Å². The lowest BCUT2D eigenvalue weighted by Crippen LogP contribution is -2.33. The second kappa shape index (κ2) is 13.9. The molecule has 1 atom stereocenters. The van der Waals surface area contributed by atoms with Gasteiger partial charge in [0.1, 0.15) is 11.5 Å². The van der Waals surface area contributed by atoms with Gasteiger partial charge in [-0.15, -0.1) is 0 Å². The lowest BCUT2D eigenvalue weighted by atomic mass is 9.95. The summed E-state index contributed by atoms with van der Waals surface area (Å²) in [6.45, 7) is 14.3. The first kappa shape index (κ1) is 29.0. The Kier molecular flexibility index (Phi) is 10.6. The molecule has 0 saturated carbocycles. The van der Waals surface area contributed by atoms with Gasteiger partial charge in [-0.25, -0.2) is 0 Å². The Morgan fingerprint density at radius 1 is 0.868 bits per heavy atom. The van der Waals surface area contributed by atoms with Gasteiger partial charge in [0.2, 0.25) is 0 Å². The summed E-state index contributed by atoms with van der Waals surface area (Å²) in [6.07, 6.45) is 0.698. The monoisotopic (exact) mass is 524 g/mol. The largest absolute Gasteiger partial charge is 0.507 e. The van der Waals surface area contributed by atoms with E-state index in [4.69, 9.17) is 14.2 Å². The van der Waals surface area contributed by atoms with Gasteiger partial charge in [-0.1, -0.05) is 19.9 Å². The van der Waals surface area contributed by atoms with Crippen LogP contribution >= 0.6 is 0 Å². The molecule has 38 heavy (non-hydrogen) atoms. The maximum Gasteiger partial charge on any atom is 0.295 e. The molecule has 0 spiro atoms. The molecule has 206 valence electrons. The molecule has 1 fully saturated rings. The minimum atomic E-state index is -0.756. The van der Waals surface area contributed by atoms with Crippen molar-refractivity contribution in [2.24, 2.45) is 0 Å². The Hall–Kier alpha value is -3.52. The molecule has 8 nitrogen and oxygen atoms in total. The number of amides is 1. The zero-order chi connectivity index (χ0) is 27.7. The summed E-state index contributed by atoms with van der Waals surface area (Å²) in [6, 6.07) is 11.5. The fourth-order valence-corrected chi connectivity index (χ4v) is 4.73. The maximum atomic E-state index is 13.4. The molecule has 1 aliphatic heterocycles. The highest BCUT2D eigenvalue weighted by Crippen LogP contribution is 2.42. The summed E-state index contributed by atoms with van der Waals surface area (Å²) in [5, 5.41) is 11.4. The molecule has 1 N–H and O–H groups in total. The van der Waals surface area contributed by atoms with E-state index in [0.717, 1.165) is 19.6 Å². The normalized spacial score (nSPS) is 16.8. The van der Waals surface area contributed by atoms with Crippen molar-refractivity contribution >= 4 is 17.4 Å². The first-order chi connectivity index (χ1) is 18.4. The number of aliphatic hydroxyl groups is 1. The quantitative estimate of drug-likeness (QED) is 0.211. The number of aliphatic hydroxyl groups excluding tert-OH is 1. The highest BCUT2D eigenvalue weighted by Gasteiger charge is 2.46. The summed E-state index contributed by atoms with van der Waals surface area (Å²) in [7, 11) is 0. The van der Waals surface area contributed by atoms with Crippen LogP contribution in [-0.2, 0) is 9.59 Å². The second-order valence-electron chi connectivity index (χ2n) is 8.90. The Morgan fingerprint density at radius 3 is 2.11 bits per heavy atom. The molecule has 3 rings (SSSR count). The molecule has 8 heteroatoms. The Morgan fingerprint density at radius 2 is 1.50 bits per heavy atom. The number of nitrogens with zero attached hydrogens (tertiary/aromatic N) is 2. The summed E-state index contributed by atoms with van der Waals surface area (Å²) >= 11 is 0. The van der Waals surface area contributed by atoms with Gasteiger partial charge in [0.15, 0.2) is 11.5 Å². The molecule has 0 bridgehead atoms. The topological polar surface area (TPSA) is 88.5 Å². The van der Waals surface area contributed by atoms with E-state index in [0.29, 0.717) is 61.2 Å². The lowest BCUT2D eigenvalue weighted by molar-refractivity contribution is -0.140. The van der Waals surface area contributed by atoms with Crippen molar-refractivity contribution in [2.75, 3.05) is 46.0 Å². The van der Waals surface area contributed by atoms with Gasteiger partial charge in [-0.05, 0) is 88.8 Å². The summed E-state index contributed by atoms with van der Waals surface area (Å²) in [5.74, 6) is 0.245. The number of ether oxygens (including phenoxy) is 3. The molecule has 0 radical (unpaired) electrons. The summed E-state index contributed by atoms with van der Waals surface area (Å²) in [4.78, 5) is 30.5. The van der Waals surface area contributed by atoms with Crippen molar-refractivity contribution in [3.05, 3.63) is 59.2 Å². The van der Waals surface area contributed by atoms with Crippen molar-refractivity contribution in [3.8, 4) is 17.2 Å². The van der Waals surface area contributed by atoms with Crippen LogP contribution in [0.4, 0.5) is 0 Å². The molecule has 2 aromatic carbocycles. The SMILES string of the molecule is CCOc1ccc(C(O)=C2C(=O)C(=O)N(CCCN(CC)CC)[C@@H]2c2ccc(OCC)c(OCC)c2)cc1. The number of rotatable bonds is 14. The second-order valence-corrected chi connectivity index (χ2v) is 8.90. The molecular formula is C30H40N2O6. The zero-order valence-corrected chi connectivity index (χ0v) is 23.2. The van der Waals surface area contributed by atoms with E-state index in [1.165, 1.54) is 0 Å². The average Bonchev–Trinajstić information content (AvgIpc) is 3.17.